The minimum Gasteiger partial charge on any atom is -0.480 e. The predicted molar refractivity (Wildman–Crippen MR) is 59.0 cm³/mol. The molecule has 0 aliphatic carbocycles. The summed E-state index contributed by atoms with van der Waals surface area (Å²) in [6, 6.07) is -0.783. The smallest absolute Gasteiger partial charge is 0.411 e. The van der Waals surface area contributed by atoms with Crippen molar-refractivity contribution in [2.75, 3.05) is 13.2 Å². The molecule has 17 heavy (non-hydrogen) atoms. The van der Waals surface area contributed by atoms with Gasteiger partial charge in [-0.1, -0.05) is 15.9 Å². The Morgan fingerprint density at radius 1 is 1.59 bits per heavy atom. The molecule has 0 unspecified atom stereocenters. The van der Waals surface area contributed by atoms with E-state index in [0.29, 0.717) is 26.1 Å². The summed E-state index contributed by atoms with van der Waals surface area (Å²) in [5.74, 6) is -0.976. The highest BCUT2D eigenvalue weighted by molar-refractivity contribution is 9.09. The fourth-order valence-corrected chi connectivity index (χ4v) is 3.90. The van der Waals surface area contributed by atoms with E-state index in [2.05, 4.69) is 15.9 Å². The molecule has 1 amide bonds. The molecular weight excluding hydrogens is 294 g/mol. The van der Waals surface area contributed by atoms with Crippen LogP contribution < -0.4 is 0 Å². The van der Waals surface area contributed by atoms with E-state index >= 15 is 0 Å². The first kappa shape index (κ1) is 11.3. The van der Waals surface area contributed by atoms with Crippen molar-refractivity contribution >= 4 is 28.0 Å². The summed E-state index contributed by atoms with van der Waals surface area (Å²) in [5, 5.41) is 9.13. The predicted octanol–water partition coefficient (Wildman–Crippen LogP) is 0.587. The van der Waals surface area contributed by atoms with Crippen LogP contribution in [0.4, 0.5) is 4.79 Å². The minimum absolute atomic E-state index is 0.0715. The molecule has 3 aliphatic heterocycles. The fraction of sp³-hybridized carbons (Fsp3) is 0.800. The molecule has 3 aliphatic rings. The van der Waals surface area contributed by atoms with Crippen LogP contribution >= 0.6 is 15.9 Å². The van der Waals surface area contributed by atoms with Crippen LogP contribution in [0.25, 0.3) is 0 Å². The molecule has 1 spiro atoms. The first-order valence-corrected chi connectivity index (χ1v) is 6.42. The number of amides is 1. The Morgan fingerprint density at radius 3 is 3.06 bits per heavy atom. The van der Waals surface area contributed by atoms with Crippen molar-refractivity contribution in [2.45, 2.75) is 35.4 Å². The molecule has 0 aromatic heterocycles. The Hall–Kier alpha value is -0.820. The number of hydrogen-bond acceptors (Lipinski definition) is 4. The standard InChI is InChI=1S/C10H12BrNO5/c11-5-3-16-4-10-2-1-6(8(13)14)12(10)9(15)17-7(5)10/h5-7H,1-4H2,(H,13,14)/t5-,6-,7+,10-/m1/s1. The minimum atomic E-state index is -0.976. The molecule has 0 saturated carbocycles. The highest BCUT2D eigenvalue weighted by Gasteiger charge is 2.65. The SMILES string of the molecule is O=C(O)[C@H]1CC[C@@]23COC[C@@H](Br)[C@@H]2OC(=O)N13. The summed E-state index contributed by atoms with van der Waals surface area (Å²) < 4.78 is 10.8. The van der Waals surface area contributed by atoms with Crippen LogP contribution in [0, 0.1) is 0 Å². The van der Waals surface area contributed by atoms with Gasteiger partial charge in [0.1, 0.15) is 17.7 Å². The van der Waals surface area contributed by atoms with Gasteiger partial charge in [0, 0.05) is 0 Å². The second kappa shape index (κ2) is 3.58. The highest BCUT2D eigenvalue weighted by Crippen LogP contribution is 2.47. The van der Waals surface area contributed by atoms with Gasteiger partial charge in [0.2, 0.25) is 0 Å². The normalized spacial score (nSPS) is 44.2. The number of rotatable bonds is 1. The number of carbonyl (C=O) groups is 2. The van der Waals surface area contributed by atoms with Crippen LogP contribution in [0.3, 0.4) is 0 Å². The number of ether oxygens (including phenoxy) is 2. The third kappa shape index (κ3) is 1.35. The Labute approximate surface area is 106 Å². The van der Waals surface area contributed by atoms with Crippen molar-refractivity contribution in [3.05, 3.63) is 0 Å². The van der Waals surface area contributed by atoms with Crippen molar-refractivity contribution in [2.24, 2.45) is 0 Å². The van der Waals surface area contributed by atoms with Gasteiger partial charge in [-0.15, -0.1) is 0 Å². The largest absolute Gasteiger partial charge is 0.480 e. The van der Waals surface area contributed by atoms with Crippen molar-refractivity contribution < 1.29 is 24.2 Å². The van der Waals surface area contributed by atoms with Crippen LogP contribution in [0.5, 0.6) is 0 Å². The van der Waals surface area contributed by atoms with Gasteiger partial charge in [0.25, 0.3) is 0 Å². The fourth-order valence-electron chi connectivity index (χ4n) is 3.11. The molecule has 1 N–H and O–H groups in total. The Morgan fingerprint density at radius 2 is 2.35 bits per heavy atom. The van der Waals surface area contributed by atoms with Crippen LogP contribution in [0.1, 0.15) is 12.8 Å². The lowest BCUT2D eigenvalue weighted by Crippen LogP contribution is -2.59. The van der Waals surface area contributed by atoms with Gasteiger partial charge < -0.3 is 14.6 Å². The summed E-state index contributed by atoms with van der Waals surface area (Å²) >= 11 is 3.43. The van der Waals surface area contributed by atoms with E-state index in [1.54, 1.807) is 0 Å². The maximum Gasteiger partial charge on any atom is 0.411 e. The molecule has 3 heterocycles. The number of halogens is 1. The van der Waals surface area contributed by atoms with Crippen LogP contribution in [-0.4, -0.2) is 57.8 Å². The summed E-state index contributed by atoms with van der Waals surface area (Å²) in [7, 11) is 0. The van der Waals surface area contributed by atoms with Crippen LogP contribution in [0.2, 0.25) is 0 Å². The summed E-state index contributed by atoms with van der Waals surface area (Å²) in [4.78, 5) is 24.3. The van der Waals surface area contributed by atoms with E-state index in [-0.39, 0.29) is 10.9 Å². The highest BCUT2D eigenvalue weighted by atomic mass is 79.9. The lowest BCUT2D eigenvalue weighted by atomic mass is 9.87. The summed E-state index contributed by atoms with van der Waals surface area (Å²) in [6.07, 6.45) is 0.231. The van der Waals surface area contributed by atoms with E-state index in [4.69, 9.17) is 14.6 Å². The summed E-state index contributed by atoms with van der Waals surface area (Å²) in [6.45, 7) is 0.834. The lowest BCUT2D eigenvalue weighted by Gasteiger charge is -2.39. The molecule has 0 aromatic carbocycles. The van der Waals surface area contributed by atoms with Gasteiger partial charge in [0.15, 0.2) is 0 Å². The first-order chi connectivity index (χ1) is 8.06. The number of carboxylic acid groups (broad SMARTS) is 1. The topological polar surface area (TPSA) is 76.1 Å². The third-order valence-corrected chi connectivity index (χ3v) is 4.58. The Kier molecular flexibility index (Phi) is 2.38. The van der Waals surface area contributed by atoms with Crippen molar-refractivity contribution in [3.8, 4) is 0 Å². The summed E-state index contributed by atoms with van der Waals surface area (Å²) in [5.41, 5.74) is -0.591. The molecular formula is C10H12BrNO5. The van der Waals surface area contributed by atoms with Gasteiger partial charge in [-0.2, -0.15) is 0 Å². The van der Waals surface area contributed by atoms with Gasteiger partial charge in [-0.05, 0) is 12.8 Å². The van der Waals surface area contributed by atoms with E-state index in [0.717, 1.165) is 0 Å². The second-order valence-corrected chi connectivity index (χ2v) is 5.88. The zero-order chi connectivity index (χ0) is 12.2. The zero-order valence-corrected chi connectivity index (χ0v) is 10.6. The van der Waals surface area contributed by atoms with Crippen LogP contribution in [-0.2, 0) is 14.3 Å². The average Bonchev–Trinajstić information content (AvgIpc) is 2.75. The number of nitrogens with zero attached hydrogens (tertiary/aromatic N) is 1. The van der Waals surface area contributed by atoms with Crippen molar-refractivity contribution in [1.82, 2.24) is 4.90 Å². The molecule has 0 radical (unpaired) electrons. The van der Waals surface area contributed by atoms with E-state index in [1.165, 1.54) is 4.90 Å². The maximum atomic E-state index is 11.8. The van der Waals surface area contributed by atoms with Crippen LogP contribution in [0.15, 0.2) is 0 Å². The zero-order valence-electron chi connectivity index (χ0n) is 8.97. The second-order valence-electron chi connectivity index (χ2n) is 4.70. The van der Waals surface area contributed by atoms with E-state index in [9.17, 15) is 9.59 Å². The van der Waals surface area contributed by atoms with Crippen molar-refractivity contribution in [3.63, 3.8) is 0 Å². The molecule has 3 fully saturated rings. The Bertz CT molecular complexity index is 389. The first-order valence-electron chi connectivity index (χ1n) is 5.51. The van der Waals surface area contributed by atoms with Crippen molar-refractivity contribution in [1.29, 1.82) is 0 Å². The molecule has 0 aromatic rings. The van der Waals surface area contributed by atoms with Gasteiger partial charge in [-0.25, -0.2) is 9.59 Å². The van der Waals surface area contributed by atoms with Gasteiger partial charge >= 0.3 is 12.1 Å². The lowest BCUT2D eigenvalue weighted by molar-refractivity contribution is -0.142. The molecule has 6 nitrogen and oxygen atoms in total. The molecule has 3 rings (SSSR count). The quantitative estimate of drug-likeness (QED) is 0.718. The third-order valence-electron chi connectivity index (χ3n) is 3.84. The number of aliphatic carboxylic acids is 1. The number of hydrogen-bond donors (Lipinski definition) is 1. The molecule has 94 valence electrons. The van der Waals surface area contributed by atoms with Gasteiger partial charge in [-0.3, -0.25) is 4.90 Å². The molecule has 3 saturated heterocycles. The van der Waals surface area contributed by atoms with Gasteiger partial charge in [0.05, 0.1) is 18.0 Å². The maximum absolute atomic E-state index is 11.8. The number of alkyl halides is 1. The van der Waals surface area contributed by atoms with E-state index < -0.39 is 23.6 Å². The number of carbonyl (C=O) groups excluding carboxylic acids is 1. The number of carboxylic acids is 1. The molecule has 4 atom stereocenters. The van der Waals surface area contributed by atoms with E-state index in [1.807, 2.05) is 0 Å². The Balaban J connectivity index is 1.99. The monoisotopic (exact) mass is 305 g/mol. The average molecular weight is 306 g/mol. The molecule has 7 heteroatoms. The molecule has 0 bridgehead atoms.